The number of carbonyl (C=O) groups excluding carboxylic acids is 1. The molecule has 0 unspecified atom stereocenters. The third-order valence-corrected chi connectivity index (χ3v) is 2.74. The minimum atomic E-state index is -0.347. The summed E-state index contributed by atoms with van der Waals surface area (Å²) in [6.07, 6.45) is 2.09. The number of amides is 1. The SMILES string of the molecule is O=C(NC1CC1)c1ccc(F)cc1Br. The standard InChI is InChI=1S/C10H9BrFNO/c11-9-5-6(12)1-4-8(9)10(14)13-7-2-3-7/h1,4-5,7H,2-3H2,(H,13,14). The Morgan fingerprint density at radius 2 is 2.21 bits per heavy atom. The molecule has 1 amide bonds. The Balaban J connectivity index is 2.17. The van der Waals surface area contributed by atoms with Crippen LogP contribution in [0.25, 0.3) is 0 Å². The van der Waals surface area contributed by atoms with Crippen LogP contribution in [0.2, 0.25) is 0 Å². The molecule has 1 aromatic rings. The summed E-state index contributed by atoms with van der Waals surface area (Å²) >= 11 is 3.16. The average molecular weight is 258 g/mol. The molecule has 0 aromatic heterocycles. The minimum Gasteiger partial charge on any atom is -0.349 e. The lowest BCUT2D eigenvalue weighted by molar-refractivity contribution is 0.0950. The molecule has 0 aliphatic heterocycles. The van der Waals surface area contributed by atoms with Crippen molar-refractivity contribution in [2.45, 2.75) is 18.9 Å². The first-order valence-electron chi connectivity index (χ1n) is 4.43. The van der Waals surface area contributed by atoms with Crippen LogP contribution in [0, 0.1) is 5.82 Å². The monoisotopic (exact) mass is 257 g/mol. The van der Waals surface area contributed by atoms with E-state index in [-0.39, 0.29) is 11.7 Å². The molecule has 2 nitrogen and oxygen atoms in total. The summed E-state index contributed by atoms with van der Waals surface area (Å²) in [7, 11) is 0. The zero-order valence-electron chi connectivity index (χ0n) is 7.39. The smallest absolute Gasteiger partial charge is 0.252 e. The number of hydrogen-bond acceptors (Lipinski definition) is 1. The van der Waals surface area contributed by atoms with Crippen molar-refractivity contribution in [2.75, 3.05) is 0 Å². The molecule has 1 N–H and O–H groups in total. The van der Waals surface area contributed by atoms with Crippen LogP contribution in [-0.2, 0) is 0 Å². The second-order valence-electron chi connectivity index (χ2n) is 3.37. The second kappa shape index (κ2) is 3.69. The Kier molecular flexibility index (Phi) is 2.54. The molecule has 1 saturated carbocycles. The van der Waals surface area contributed by atoms with E-state index in [1.807, 2.05) is 0 Å². The van der Waals surface area contributed by atoms with Crippen LogP contribution in [0.15, 0.2) is 22.7 Å². The highest BCUT2D eigenvalue weighted by molar-refractivity contribution is 9.10. The van der Waals surface area contributed by atoms with Gasteiger partial charge in [-0.1, -0.05) is 0 Å². The van der Waals surface area contributed by atoms with E-state index in [9.17, 15) is 9.18 Å². The largest absolute Gasteiger partial charge is 0.349 e. The molecule has 0 atom stereocenters. The zero-order valence-corrected chi connectivity index (χ0v) is 8.97. The Bertz CT molecular complexity index is 376. The number of rotatable bonds is 2. The Hall–Kier alpha value is -0.900. The van der Waals surface area contributed by atoms with E-state index in [1.165, 1.54) is 18.2 Å². The van der Waals surface area contributed by atoms with Gasteiger partial charge in [-0.15, -0.1) is 0 Å². The molecule has 1 aliphatic rings. The zero-order chi connectivity index (χ0) is 10.1. The van der Waals surface area contributed by atoms with Crippen LogP contribution < -0.4 is 5.32 Å². The second-order valence-corrected chi connectivity index (χ2v) is 4.23. The molecule has 4 heteroatoms. The van der Waals surface area contributed by atoms with Crippen LogP contribution in [0.5, 0.6) is 0 Å². The number of carbonyl (C=O) groups is 1. The summed E-state index contributed by atoms with van der Waals surface area (Å²) in [6.45, 7) is 0. The van der Waals surface area contributed by atoms with Crippen molar-refractivity contribution >= 4 is 21.8 Å². The Morgan fingerprint density at radius 1 is 1.50 bits per heavy atom. The van der Waals surface area contributed by atoms with Crippen LogP contribution in [-0.4, -0.2) is 11.9 Å². The van der Waals surface area contributed by atoms with Crippen LogP contribution in [0.1, 0.15) is 23.2 Å². The van der Waals surface area contributed by atoms with Gasteiger partial charge in [-0.05, 0) is 47.0 Å². The average Bonchev–Trinajstić information content (AvgIpc) is 2.87. The Labute approximate surface area is 89.6 Å². The van der Waals surface area contributed by atoms with Crippen molar-refractivity contribution in [3.8, 4) is 0 Å². The molecule has 74 valence electrons. The quantitative estimate of drug-likeness (QED) is 0.867. The molecule has 14 heavy (non-hydrogen) atoms. The van der Waals surface area contributed by atoms with Crippen molar-refractivity contribution in [3.05, 3.63) is 34.1 Å². The first-order chi connectivity index (χ1) is 6.66. The van der Waals surface area contributed by atoms with Gasteiger partial charge >= 0.3 is 0 Å². The highest BCUT2D eigenvalue weighted by Crippen LogP contribution is 2.22. The van der Waals surface area contributed by atoms with Gasteiger partial charge in [0, 0.05) is 10.5 Å². The third kappa shape index (κ3) is 2.12. The van der Waals surface area contributed by atoms with E-state index in [1.54, 1.807) is 0 Å². The van der Waals surface area contributed by atoms with Crippen LogP contribution >= 0.6 is 15.9 Å². The molecule has 1 aromatic carbocycles. The van der Waals surface area contributed by atoms with Gasteiger partial charge in [0.2, 0.25) is 0 Å². The van der Waals surface area contributed by atoms with Crippen molar-refractivity contribution in [1.82, 2.24) is 5.32 Å². The van der Waals surface area contributed by atoms with Gasteiger partial charge in [0.15, 0.2) is 0 Å². The molecule has 0 heterocycles. The van der Waals surface area contributed by atoms with Gasteiger partial charge in [0.05, 0.1) is 5.56 Å². The number of benzene rings is 1. The molecule has 1 aliphatic carbocycles. The predicted octanol–water partition coefficient (Wildman–Crippen LogP) is 2.48. The van der Waals surface area contributed by atoms with E-state index in [2.05, 4.69) is 21.2 Å². The van der Waals surface area contributed by atoms with Gasteiger partial charge in [0.1, 0.15) is 5.82 Å². The molecular formula is C10H9BrFNO. The Morgan fingerprint density at radius 3 is 2.79 bits per heavy atom. The fourth-order valence-electron chi connectivity index (χ4n) is 1.16. The van der Waals surface area contributed by atoms with Gasteiger partial charge in [-0.3, -0.25) is 4.79 Å². The molecule has 1 fully saturated rings. The number of nitrogens with one attached hydrogen (secondary N) is 1. The summed E-state index contributed by atoms with van der Waals surface area (Å²) in [5, 5.41) is 2.84. The summed E-state index contributed by atoms with van der Waals surface area (Å²) in [5.41, 5.74) is 0.485. The van der Waals surface area contributed by atoms with E-state index in [0.29, 0.717) is 16.1 Å². The number of halogens is 2. The van der Waals surface area contributed by atoms with E-state index < -0.39 is 0 Å². The maximum absolute atomic E-state index is 12.7. The summed E-state index contributed by atoms with van der Waals surface area (Å²) in [5.74, 6) is -0.487. The molecule has 0 saturated heterocycles. The highest BCUT2D eigenvalue weighted by atomic mass is 79.9. The summed E-state index contributed by atoms with van der Waals surface area (Å²) < 4.78 is 13.2. The van der Waals surface area contributed by atoms with Crippen molar-refractivity contribution in [2.24, 2.45) is 0 Å². The molecule has 0 spiro atoms. The van der Waals surface area contributed by atoms with Gasteiger partial charge in [-0.25, -0.2) is 4.39 Å². The normalized spacial score (nSPS) is 15.3. The van der Waals surface area contributed by atoms with E-state index in [0.717, 1.165) is 12.8 Å². The van der Waals surface area contributed by atoms with Crippen molar-refractivity contribution in [3.63, 3.8) is 0 Å². The lowest BCUT2D eigenvalue weighted by Crippen LogP contribution is -2.25. The molecule has 0 radical (unpaired) electrons. The molecular weight excluding hydrogens is 249 g/mol. The van der Waals surface area contributed by atoms with E-state index >= 15 is 0 Å². The van der Waals surface area contributed by atoms with Gasteiger partial charge < -0.3 is 5.32 Å². The highest BCUT2D eigenvalue weighted by Gasteiger charge is 2.24. The van der Waals surface area contributed by atoms with Gasteiger partial charge in [0.25, 0.3) is 5.91 Å². The van der Waals surface area contributed by atoms with Crippen molar-refractivity contribution in [1.29, 1.82) is 0 Å². The van der Waals surface area contributed by atoms with Gasteiger partial charge in [-0.2, -0.15) is 0 Å². The van der Waals surface area contributed by atoms with Crippen molar-refractivity contribution < 1.29 is 9.18 Å². The lowest BCUT2D eigenvalue weighted by atomic mass is 10.2. The predicted molar refractivity (Wildman–Crippen MR) is 54.6 cm³/mol. The molecule has 0 bridgehead atoms. The summed E-state index contributed by atoms with van der Waals surface area (Å²) in [6, 6.07) is 4.38. The first kappa shape index (κ1) is 9.65. The minimum absolute atomic E-state index is 0.139. The lowest BCUT2D eigenvalue weighted by Gasteiger charge is -2.04. The third-order valence-electron chi connectivity index (χ3n) is 2.09. The van der Waals surface area contributed by atoms with Crippen LogP contribution in [0.3, 0.4) is 0 Å². The summed E-state index contributed by atoms with van der Waals surface area (Å²) in [4.78, 5) is 11.6. The van der Waals surface area contributed by atoms with E-state index in [4.69, 9.17) is 0 Å². The first-order valence-corrected chi connectivity index (χ1v) is 5.22. The molecule has 2 rings (SSSR count). The number of hydrogen-bond donors (Lipinski definition) is 1. The van der Waals surface area contributed by atoms with Crippen LogP contribution in [0.4, 0.5) is 4.39 Å². The maximum atomic E-state index is 12.7. The fourth-order valence-corrected chi connectivity index (χ4v) is 1.70. The maximum Gasteiger partial charge on any atom is 0.252 e. The fraction of sp³-hybridized carbons (Fsp3) is 0.300. The topological polar surface area (TPSA) is 29.1 Å².